The van der Waals surface area contributed by atoms with E-state index in [9.17, 15) is 0 Å². The van der Waals surface area contributed by atoms with Gasteiger partial charge in [0.15, 0.2) is 5.82 Å². The Kier molecular flexibility index (Phi) is 4.99. The molecule has 1 heterocycles. The van der Waals surface area contributed by atoms with E-state index in [4.69, 9.17) is 10.3 Å². The molecule has 0 spiro atoms. The minimum atomic E-state index is 0.567. The normalized spacial score (nSPS) is 11.2. The quantitative estimate of drug-likeness (QED) is 0.879. The highest BCUT2D eigenvalue weighted by molar-refractivity contribution is 7.99. The molecule has 5 heteroatoms. The van der Waals surface area contributed by atoms with Gasteiger partial charge in [0.1, 0.15) is 0 Å². The zero-order chi connectivity index (χ0) is 13.7. The Morgan fingerprint density at radius 1 is 1.26 bits per heavy atom. The van der Waals surface area contributed by atoms with Crippen molar-refractivity contribution in [3.05, 3.63) is 35.7 Å². The van der Waals surface area contributed by atoms with Crippen LogP contribution in [-0.2, 0) is 12.2 Å². The van der Waals surface area contributed by atoms with Crippen LogP contribution < -0.4 is 5.73 Å². The van der Waals surface area contributed by atoms with Crippen molar-refractivity contribution in [1.82, 2.24) is 10.1 Å². The first-order valence-corrected chi connectivity index (χ1v) is 7.47. The van der Waals surface area contributed by atoms with Gasteiger partial charge in [-0.3, -0.25) is 0 Å². The summed E-state index contributed by atoms with van der Waals surface area (Å²) < 4.78 is 5.28. The van der Waals surface area contributed by atoms with Gasteiger partial charge < -0.3 is 10.3 Å². The Bertz CT molecular complexity index is 508. The molecule has 0 bridgehead atoms. The van der Waals surface area contributed by atoms with Gasteiger partial charge in [-0.1, -0.05) is 31.1 Å². The van der Waals surface area contributed by atoms with E-state index in [1.807, 2.05) is 12.1 Å². The third kappa shape index (κ3) is 4.08. The average molecular weight is 277 g/mol. The van der Waals surface area contributed by atoms with Crippen LogP contribution in [0.4, 0.5) is 0 Å². The second kappa shape index (κ2) is 6.73. The number of nitrogens with zero attached hydrogens (tertiary/aromatic N) is 2. The van der Waals surface area contributed by atoms with Gasteiger partial charge >= 0.3 is 0 Å². The Balaban J connectivity index is 2.05. The lowest BCUT2D eigenvalue weighted by atomic mass is 10.1. The van der Waals surface area contributed by atoms with Crippen molar-refractivity contribution in [2.45, 2.75) is 31.3 Å². The Morgan fingerprint density at radius 2 is 2.00 bits per heavy atom. The summed E-state index contributed by atoms with van der Waals surface area (Å²) in [5.74, 6) is 2.12. The smallest absolute Gasteiger partial charge is 0.257 e. The van der Waals surface area contributed by atoms with Crippen molar-refractivity contribution in [3.63, 3.8) is 0 Å². The number of aromatic nitrogens is 2. The van der Waals surface area contributed by atoms with E-state index in [0.29, 0.717) is 17.7 Å². The molecule has 4 nitrogen and oxygen atoms in total. The molecule has 0 fully saturated rings. The number of thioether (sulfide) groups is 1. The van der Waals surface area contributed by atoms with Gasteiger partial charge in [-0.2, -0.15) is 16.7 Å². The van der Waals surface area contributed by atoms with Crippen molar-refractivity contribution in [2.24, 2.45) is 5.73 Å². The second-order valence-electron chi connectivity index (χ2n) is 4.61. The summed E-state index contributed by atoms with van der Waals surface area (Å²) in [5.41, 5.74) is 7.70. The molecule has 1 aromatic carbocycles. The van der Waals surface area contributed by atoms with E-state index >= 15 is 0 Å². The molecule has 19 heavy (non-hydrogen) atoms. The van der Waals surface area contributed by atoms with Gasteiger partial charge in [0, 0.05) is 5.56 Å². The molecule has 0 amide bonds. The molecule has 2 N–H and O–H groups in total. The molecule has 0 atom stereocenters. The van der Waals surface area contributed by atoms with Crippen LogP contribution in [-0.4, -0.2) is 21.9 Å². The first-order chi connectivity index (χ1) is 9.19. The first-order valence-electron chi connectivity index (χ1n) is 6.42. The van der Waals surface area contributed by atoms with E-state index in [0.717, 1.165) is 23.6 Å². The molecule has 0 aliphatic rings. The van der Waals surface area contributed by atoms with Crippen molar-refractivity contribution in [3.8, 4) is 11.5 Å². The van der Waals surface area contributed by atoms with E-state index in [2.05, 4.69) is 36.1 Å². The summed E-state index contributed by atoms with van der Waals surface area (Å²) in [4.78, 5) is 4.40. The van der Waals surface area contributed by atoms with E-state index in [1.54, 1.807) is 11.8 Å². The highest BCUT2D eigenvalue weighted by Gasteiger charge is 2.09. The lowest BCUT2D eigenvalue weighted by Crippen LogP contribution is -2.02. The molecule has 2 rings (SSSR count). The van der Waals surface area contributed by atoms with Gasteiger partial charge in [-0.15, -0.1) is 0 Å². The Morgan fingerprint density at radius 3 is 2.63 bits per heavy atom. The SMILES string of the molecule is CC(C)SCc1noc(-c2ccc(CCN)cc2)n1. The maximum atomic E-state index is 5.53. The zero-order valence-corrected chi connectivity index (χ0v) is 12.1. The molecule has 1 aromatic heterocycles. The van der Waals surface area contributed by atoms with Crippen LogP contribution in [0.15, 0.2) is 28.8 Å². The van der Waals surface area contributed by atoms with Crippen LogP contribution in [0.3, 0.4) is 0 Å². The van der Waals surface area contributed by atoms with E-state index in [1.165, 1.54) is 5.56 Å². The van der Waals surface area contributed by atoms with Gasteiger partial charge in [-0.25, -0.2) is 0 Å². The molecular formula is C14H19N3OS. The maximum Gasteiger partial charge on any atom is 0.257 e. The van der Waals surface area contributed by atoms with Crippen LogP contribution in [0.1, 0.15) is 25.2 Å². The van der Waals surface area contributed by atoms with Crippen LogP contribution in [0, 0.1) is 0 Å². The van der Waals surface area contributed by atoms with Crippen molar-refractivity contribution in [2.75, 3.05) is 6.54 Å². The van der Waals surface area contributed by atoms with Gasteiger partial charge in [-0.05, 0) is 35.9 Å². The summed E-state index contributed by atoms with van der Waals surface area (Å²) in [6, 6.07) is 8.10. The number of nitrogens with two attached hydrogens (primary N) is 1. The van der Waals surface area contributed by atoms with E-state index < -0.39 is 0 Å². The molecule has 0 saturated carbocycles. The Labute approximate surface area is 117 Å². The monoisotopic (exact) mass is 277 g/mol. The number of benzene rings is 1. The largest absolute Gasteiger partial charge is 0.334 e. The van der Waals surface area contributed by atoms with Crippen molar-refractivity contribution in [1.29, 1.82) is 0 Å². The minimum Gasteiger partial charge on any atom is -0.334 e. The summed E-state index contributed by atoms with van der Waals surface area (Å²) in [6.07, 6.45) is 0.889. The second-order valence-corrected chi connectivity index (χ2v) is 6.18. The van der Waals surface area contributed by atoms with Crippen LogP contribution in [0.25, 0.3) is 11.5 Å². The fourth-order valence-electron chi connectivity index (χ4n) is 1.65. The highest BCUT2D eigenvalue weighted by Crippen LogP contribution is 2.20. The molecule has 0 aliphatic carbocycles. The minimum absolute atomic E-state index is 0.567. The van der Waals surface area contributed by atoms with Gasteiger partial charge in [0.05, 0.1) is 5.75 Å². The predicted molar refractivity (Wildman–Crippen MR) is 78.9 cm³/mol. The van der Waals surface area contributed by atoms with Gasteiger partial charge in [0.2, 0.25) is 0 Å². The lowest BCUT2D eigenvalue weighted by Gasteiger charge is -1.99. The fraction of sp³-hybridized carbons (Fsp3) is 0.429. The molecular weight excluding hydrogens is 258 g/mol. The van der Waals surface area contributed by atoms with Crippen LogP contribution in [0.2, 0.25) is 0 Å². The molecule has 2 aromatic rings. The summed E-state index contributed by atoms with van der Waals surface area (Å²) in [5, 5.41) is 4.56. The Hall–Kier alpha value is -1.33. The highest BCUT2D eigenvalue weighted by atomic mass is 32.2. The van der Waals surface area contributed by atoms with Crippen LogP contribution >= 0.6 is 11.8 Å². The zero-order valence-electron chi connectivity index (χ0n) is 11.3. The maximum absolute atomic E-state index is 5.53. The average Bonchev–Trinajstić information content (AvgIpc) is 2.86. The standard InChI is InChI=1S/C14H19N3OS/c1-10(2)19-9-13-16-14(18-17-13)12-5-3-11(4-6-12)7-8-15/h3-6,10H,7-9,15H2,1-2H3. The first kappa shape index (κ1) is 14.1. The summed E-state index contributed by atoms with van der Waals surface area (Å²) in [7, 11) is 0. The molecule has 0 radical (unpaired) electrons. The van der Waals surface area contributed by atoms with E-state index in [-0.39, 0.29) is 0 Å². The third-order valence-corrected chi connectivity index (χ3v) is 3.74. The fourth-order valence-corrected chi connectivity index (χ4v) is 2.25. The lowest BCUT2D eigenvalue weighted by molar-refractivity contribution is 0.425. The molecule has 0 aliphatic heterocycles. The summed E-state index contributed by atoms with van der Waals surface area (Å²) in [6.45, 7) is 4.97. The molecule has 0 unspecified atom stereocenters. The number of hydrogen-bond donors (Lipinski definition) is 1. The topological polar surface area (TPSA) is 64.9 Å². The van der Waals surface area contributed by atoms with Crippen LogP contribution in [0.5, 0.6) is 0 Å². The van der Waals surface area contributed by atoms with Crippen molar-refractivity contribution >= 4 is 11.8 Å². The number of hydrogen-bond acceptors (Lipinski definition) is 5. The van der Waals surface area contributed by atoms with Crippen molar-refractivity contribution < 1.29 is 4.52 Å². The predicted octanol–water partition coefficient (Wildman–Crippen LogP) is 2.88. The third-order valence-electron chi connectivity index (χ3n) is 2.65. The molecule has 102 valence electrons. The summed E-state index contributed by atoms with van der Waals surface area (Å²) >= 11 is 1.80. The number of rotatable bonds is 6. The molecule has 0 saturated heterocycles. The van der Waals surface area contributed by atoms with Gasteiger partial charge in [0.25, 0.3) is 5.89 Å².